The molecule has 1 fully saturated rings. The highest BCUT2D eigenvalue weighted by Gasteiger charge is 2.30. The van der Waals surface area contributed by atoms with Gasteiger partial charge in [-0.2, -0.15) is 0 Å². The van der Waals surface area contributed by atoms with Gasteiger partial charge in [-0.3, -0.25) is 9.59 Å². The number of nitrogens with zero attached hydrogens (tertiary/aromatic N) is 1. The summed E-state index contributed by atoms with van der Waals surface area (Å²) < 4.78 is 0. The summed E-state index contributed by atoms with van der Waals surface area (Å²) in [6.07, 6.45) is 1.66. The molecule has 4 rings (SSSR count). The van der Waals surface area contributed by atoms with Gasteiger partial charge in [-0.15, -0.1) is 0 Å². The zero-order chi connectivity index (χ0) is 18.8. The molecule has 1 unspecified atom stereocenters. The fourth-order valence-electron chi connectivity index (χ4n) is 2.96. The van der Waals surface area contributed by atoms with Crippen molar-refractivity contribution >= 4 is 28.9 Å². The van der Waals surface area contributed by atoms with Crippen molar-refractivity contribution in [2.75, 3.05) is 10.6 Å². The summed E-state index contributed by atoms with van der Waals surface area (Å²) in [7, 11) is 0. The fraction of sp³-hybridized carbons (Fsp3) is 0.286. The molecule has 1 atom stereocenters. The Kier molecular flexibility index (Phi) is 4.62. The van der Waals surface area contributed by atoms with Crippen molar-refractivity contribution in [2.24, 2.45) is 11.1 Å². The smallest absolute Gasteiger partial charge is 0.268 e. The highest BCUT2D eigenvalue weighted by Crippen LogP contribution is 2.31. The molecule has 2 N–H and O–H groups in total. The Balaban J connectivity index is 1.40. The van der Waals surface area contributed by atoms with Crippen molar-refractivity contribution in [2.45, 2.75) is 32.3 Å². The molecule has 6 heteroatoms. The maximum absolute atomic E-state index is 12.6. The molecule has 0 aromatic heterocycles. The Hall–Kier alpha value is -3.15. The van der Waals surface area contributed by atoms with Crippen LogP contribution in [0.5, 0.6) is 0 Å². The van der Waals surface area contributed by atoms with E-state index in [-0.39, 0.29) is 17.7 Å². The maximum Gasteiger partial charge on any atom is 0.268 e. The van der Waals surface area contributed by atoms with E-state index in [0.29, 0.717) is 17.8 Å². The minimum atomic E-state index is -0.663. The number of rotatable bonds is 5. The number of carbonyl (C=O) groups excluding carboxylic acids is 2. The minimum absolute atomic E-state index is 0.0381. The van der Waals surface area contributed by atoms with Gasteiger partial charge in [0, 0.05) is 23.7 Å². The lowest BCUT2D eigenvalue weighted by Gasteiger charge is -2.13. The molecule has 2 aliphatic rings. The van der Waals surface area contributed by atoms with Crippen LogP contribution in [0.4, 0.5) is 11.4 Å². The summed E-state index contributed by atoms with van der Waals surface area (Å²) in [5.74, 6) is -0.0839. The summed E-state index contributed by atoms with van der Waals surface area (Å²) in [6.45, 7) is 1.91. The third kappa shape index (κ3) is 4.00. The minimum Gasteiger partial charge on any atom is -0.382 e. The van der Waals surface area contributed by atoms with Crippen LogP contribution >= 0.6 is 0 Å². The summed E-state index contributed by atoms with van der Waals surface area (Å²) in [6, 6.07) is 15.2. The lowest BCUT2D eigenvalue weighted by atomic mass is 10.0. The molecule has 2 aromatic carbocycles. The highest BCUT2D eigenvalue weighted by molar-refractivity contribution is 6.06. The Morgan fingerprint density at radius 3 is 2.56 bits per heavy atom. The predicted molar refractivity (Wildman–Crippen MR) is 104 cm³/mol. The normalized spacial score (nSPS) is 18.4. The molecule has 0 spiro atoms. The van der Waals surface area contributed by atoms with Gasteiger partial charge in [0.05, 0.1) is 5.71 Å². The van der Waals surface area contributed by atoms with Gasteiger partial charge in [-0.05, 0) is 43.0 Å². The number of hydrogen-bond acceptors (Lipinski definition) is 4. The molecule has 1 aliphatic carbocycles. The second kappa shape index (κ2) is 7.23. The number of nitrogens with one attached hydrogen (secondary N) is 2. The van der Waals surface area contributed by atoms with Crippen LogP contribution in [-0.2, 0) is 14.4 Å². The van der Waals surface area contributed by atoms with Gasteiger partial charge in [0.1, 0.15) is 0 Å². The van der Waals surface area contributed by atoms with Gasteiger partial charge in [0.25, 0.3) is 5.91 Å². The second-order valence-corrected chi connectivity index (χ2v) is 6.98. The molecule has 1 aliphatic heterocycles. The van der Waals surface area contributed by atoms with Gasteiger partial charge in [0.2, 0.25) is 12.0 Å². The first-order valence-electron chi connectivity index (χ1n) is 9.10. The van der Waals surface area contributed by atoms with E-state index in [9.17, 15) is 9.59 Å². The number of amides is 2. The van der Waals surface area contributed by atoms with Gasteiger partial charge in [-0.1, -0.05) is 41.6 Å². The Morgan fingerprint density at radius 1 is 1.04 bits per heavy atom. The Bertz CT molecular complexity index is 904. The first-order chi connectivity index (χ1) is 13.1. The van der Waals surface area contributed by atoms with Gasteiger partial charge < -0.3 is 15.5 Å². The van der Waals surface area contributed by atoms with Crippen molar-refractivity contribution in [3.05, 3.63) is 59.7 Å². The average Bonchev–Trinajstić information content (AvgIpc) is 3.42. The van der Waals surface area contributed by atoms with Crippen molar-refractivity contribution in [1.82, 2.24) is 0 Å². The summed E-state index contributed by atoms with van der Waals surface area (Å²) in [5.41, 5.74) is 3.97. The van der Waals surface area contributed by atoms with Gasteiger partial charge in [0.15, 0.2) is 0 Å². The van der Waals surface area contributed by atoms with E-state index >= 15 is 0 Å². The molecule has 2 aromatic rings. The molecular weight excluding hydrogens is 342 g/mol. The number of aryl methyl sites for hydroxylation is 1. The van der Waals surface area contributed by atoms with Crippen molar-refractivity contribution < 1.29 is 14.4 Å². The van der Waals surface area contributed by atoms with Crippen molar-refractivity contribution in [3.8, 4) is 0 Å². The Labute approximate surface area is 157 Å². The SMILES string of the molecule is Cc1ccc(NC(=O)C2CC2)cc1NC(=O)C1CC(c2ccccc2)=NO1. The first-order valence-corrected chi connectivity index (χ1v) is 9.10. The lowest BCUT2D eigenvalue weighted by Crippen LogP contribution is -2.28. The quantitative estimate of drug-likeness (QED) is 0.853. The van der Waals surface area contributed by atoms with E-state index < -0.39 is 6.10 Å². The topological polar surface area (TPSA) is 79.8 Å². The third-order valence-corrected chi connectivity index (χ3v) is 4.78. The zero-order valence-corrected chi connectivity index (χ0v) is 15.1. The van der Waals surface area contributed by atoms with Gasteiger partial charge >= 0.3 is 0 Å². The summed E-state index contributed by atoms with van der Waals surface area (Å²) >= 11 is 0. The van der Waals surface area contributed by atoms with E-state index in [1.54, 1.807) is 6.07 Å². The molecule has 27 heavy (non-hydrogen) atoms. The van der Waals surface area contributed by atoms with Gasteiger partial charge in [-0.25, -0.2) is 0 Å². The molecule has 6 nitrogen and oxygen atoms in total. The molecule has 0 saturated heterocycles. The zero-order valence-electron chi connectivity index (χ0n) is 15.1. The lowest BCUT2D eigenvalue weighted by molar-refractivity contribution is -0.125. The van der Waals surface area contributed by atoms with E-state index in [0.717, 1.165) is 29.7 Å². The molecule has 138 valence electrons. The molecular formula is C21H21N3O3. The largest absolute Gasteiger partial charge is 0.382 e. The van der Waals surface area contributed by atoms with Crippen molar-refractivity contribution in [1.29, 1.82) is 0 Å². The fourth-order valence-corrected chi connectivity index (χ4v) is 2.96. The standard InChI is InChI=1S/C21H21N3O3/c1-13-7-10-16(22-20(25)15-8-9-15)11-17(13)23-21(26)19-12-18(24-27-19)14-5-3-2-4-6-14/h2-7,10-11,15,19H,8-9,12H2,1H3,(H,22,25)(H,23,26). The van der Waals surface area contributed by atoms with Crippen LogP contribution < -0.4 is 10.6 Å². The first kappa shape index (κ1) is 17.3. The third-order valence-electron chi connectivity index (χ3n) is 4.78. The van der Waals surface area contributed by atoms with E-state index in [2.05, 4.69) is 15.8 Å². The van der Waals surface area contributed by atoms with Crippen LogP contribution in [0.1, 0.15) is 30.4 Å². The Morgan fingerprint density at radius 2 is 1.81 bits per heavy atom. The highest BCUT2D eigenvalue weighted by atomic mass is 16.6. The van der Waals surface area contributed by atoms with Crippen LogP contribution in [0.3, 0.4) is 0 Å². The van der Waals surface area contributed by atoms with E-state index in [4.69, 9.17) is 4.84 Å². The predicted octanol–water partition coefficient (Wildman–Crippen LogP) is 3.48. The number of anilines is 2. The monoisotopic (exact) mass is 363 g/mol. The number of carbonyl (C=O) groups is 2. The van der Waals surface area contributed by atoms with Crippen LogP contribution in [0, 0.1) is 12.8 Å². The maximum atomic E-state index is 12.6. The number of benzene rings is 2. The van der Waals surface area contributed by atoms with E-state index in [1.165, 1.54) is 0 Å². The molecule has 2 amide bonds. The van der Waals surface area contributed by atoms with Crippen LogP contribution in [-0.4, -0.2) is 23.6 Å². The van der Waals surface area contributed by atoms with Crippen LogP contribution in [0.2, 0.25) is 0 Å². The van der Waals surface area contributed by atoms with Crippen LogP contribution in [0.25, 0.3) is 0 Å². The number of oxime groups is 1. The molecule has 1 heterocycles. The van der Waals surface area contributed by atoms with E-state index in [1.807, 2.05) is 49.4 Å². The second-order valence-electron chi connectivity index (χ2n) is 6.98. The number of hydrogen-bond donors (Lipinski definition) is 2. The molecule has 1 saturated carbocycles. The summed E-state index contributed by atoms with van der Waals surface area (Å²) in [5, 5.41) is 9.85. The average molecular weight is 363 g/mol. The summed E-state index contributed by atoms with van der Waals surface area (Å²) in [4.78, 5) is 29.9. The van der Waals surface area contributed by atoms with Crippen LogP contribution in [0.15, 0.2) is 53.7 Å². The molecule has 0 radical (unpaired) electrons. The molecule has 0 bridgehead atoms. The van der Waals surface area contributed by atoms with Crippen molar-refractivity contribution in [3.63, 3.8) is 0 Å².